The number of hydrogen-bond donors (Lipinski definition) is 2. The van der Waals surface area contributed by atoms with Gasteiger partial charge in [-0.15, -0.1) is 0 Å². The first-order chi connectivity index (χ1) is 6.61. The molecule has 0 fully saturated rings. The van der Waals surface area contributed by atoms with E-state index in [2.05, 4.69) is 5.32 Å². The van der Waals surface area contributed by atoms with Crippen LogP contribution in [0.4, 0.5) is 0 Å². The highest BCUT2D eigenvalue weighted by atomic mass is 16.3. The first kappa shape index (κ1) is 10.7. The Kier molecular flexibility index (Phi) is 3.65. The summed E-state index contributed by atoms with van der Waals surface area (Å²) >= 11 is 0. The van der Waals surface area contributed by atoms with E-state index < -0.39 is 6.10 Å². The van der Waals surface area contributed by atoms with Gasteiger partial charge in [-0.3, -0.25) is 4.79 Å². The lowest BCUT2D eigenvalue weighted by Crippen LogP contribution is -2.35. The molecule has 0 radical (unpaired) electrons. The summed E-state index contributed by atoms with van der Waals surface area (Å²) in [5.74, 6) is -0.132. The van der Waals surface area contributed by atoms with Crippen LogP contribution in [0.3, 0.4) is 0 Å². The fourth-order valence-electron chi connectivity index (χ4n) is 1.34. The van der Waals surface area contributed by atoms with Gasteiger partial charge < -0.3 is 10.4 Å². The van der Waals surface area contributed by atoms with Crippen LogP contribution < -0.4 is 5.32 Å². The molecule has 76 valence electrons. The van der Waals surface area contributed by atoms with Gasteiger partial charge in [0.2, 0.25) is 5.91 Å². The van der Waals surface area contributed by atoms with Crippen LogP contribution in [0.25, 0.3) is 0 Å². The van der Waals surface area contributed by atoms with Gasteiger partial charge in [0.1, 0.15) is 0 Å². The molecule has 3 nitrogen and oxygen atoms in total. The number of aliphatic hydroxyl groups excluding tert-OH is 1. The second kappa shape index (κ2) is 4.77. The average molecular weight is 193 g/mol. The van der Waals surface area contributed by atoms with Crippen LogP contribution in [-0.2, 0) is 4.79 Å². The van der Waals surface area contributed by atoms with Crippen molar-refractivity contribution in [1.29, 1.82) is 0 Å². The Balaban J connectivity index is 2.65. The number of nitrogens with one attached hydrogen (secondary N) is 1. The van der Waals surface area contributed by atoms with E-state index in [4.69, 9.17) is 0 Å². The highest BCUT2D eigenvalue weighted by molar-refractivity contribution is 5.73. The van der Waals surface area contributed by atoms with E-state index in [1.54, 1.807) is 6.92 Å². The highest BCUT2D eigenvalue weighted by Crippen LogP contribution is 2.15. The van der Waals surface area contributed by atoms with Crippen molar-refractivity contribution in [2.24, 2.45) is 0 Å². The molecule has 0 aliphatic heterocycles. The first-order valence-electron chi connectivity index (χ1n) is 4.61. The van der Waals surface area contributed by atoms with Crippen LogP contribution in [0.2, 0.25) is 0 Å². The first-order valence-corrected chi connectivity index (χ1v) is 4.61. The fourth-order valence-corrected chi connectivity index (χ4v) is 1.34. The maximum absolute atomic E-state index is 10.8. The topological polar surface area (TPSA) is 49.3 Å². The van der Waals surface area contributed by atoms with Gasteiger partial charge >= 0.3 is 0 Å². The zero-order valence-electron chi connectivity index (χ0n) is 8.40. The predicted octanol–water partition coefficient (Wildman–Crippen LogP) is 1.24. The predicted molar refractivity (Wildman–Crippen MR) is 54.7 cm³/mol. The normalized spacial score (nSPS) is 14.5. The minimum atomic E-state index is -0.653. The Morgan fingerprint density at radius 2 is 1.93 bits per heavy atom. The number of benzene rings is 1. The molecule has 0 aliphatic rings. The standard InChI is InChI=1S/C11H15NO2/c1-8(12-9(2)13)11(14)10-6-4-3-5-7-10/h3-8,11,14H,1-2H3,(H,12,13)/t8-,11-/m0/s1. The van der Waals surface area contributed by atoms with Crippen LogP contribution in [-0.4, -0.2) is 17.1 Å². The van der Waals surface area contributed by atoms with Gasteiger partial charge in [0.05, 0.1) is 12.1 Å². The van der Waals surface area contributed by atoms with Crippen LogP contribution in [0.1, 0.15) is 25.5 Å². The molecular formula is C11H15NO2. The smallest absolute Gasteiger partial charge is 0.217 e. The Labute approximate surface area is 83.8 Å². The second-order valence-electron chi connectivity index (χ2n) is 3.34. The van der Waals surface area contributed by atoms with Crippen molar-refractivity contribution in [3.8, 4) is 0 Å². The lowest BCUT2D eigenvalue weighted by atomic mass is 10.0. The van der Waals surface area contributed by atoms with E-state index in [1.807, 2.05) is 30.3 Å². The summed E-state index contributed by atoms with van der Waals surface area (Å²) in [5.41, 5.74) is 0.814. The Bertz CT molecular complexity index is 297. The molecule has 0 saturated heterocycles. The third-order valence-corrected chi connectivity index (χ3v) is 2.05. The van der Waals surface area contributed by atoms with Crippen molar-refractivity contribution < 1.29 is 9.90 Å². The van der Waals surface area contributed by atoms with Crippen LogP contribution in [0, 0.1) is 0 Å². The van der Waals surface area contributed by atoms with E-state index in [-0.39, 0.29) is 11.9 Å². The van der Waals surface area contributed by atoms with Gasteiger partial charge in [-0.25, -0.2) is 0 Å². The minimum absolute atomic E-state index is 0.132. The molecule has 1 amide bonds. The van der Waals surface area contributed by atoms with E-state index in [0.29, 0.717) is 0 Å². The van der Waals surface area contributed by atoms with Crippen molar-refractivity contribution >= 4 is 5.91 Å². The quantitative estimate of drug-likeness (QED) is 0.759. The summed E-state index contributed by atoms with van der Waals surface area (Å²) in [6.07, 6.45) is -0.653. The summed E-state index contributed by atoms with van der Waals surface area (Å²) in [4.78, 5) is 10.8. The summed E-state index contributed by atoms with van der Waals surface area (Å²) in [5, 5.41) is 12.5. The number of carbonyl (C=O) groups is 1. The maximum atomic E-state index is 10.8. The maximum Gasteiger partial charge on any atom is 0.217 e. The zero-order valence-corrected chi connectivity index (χ0v) is 8.40. The third kappa shape index (κ3) is 2.85. The molecule has 2 atom stereocenters. The number of carbonyl (C=O) groups excluding carboxylic acids is 1. The third-order valence-electron chi connectivity index (χ3n) is 2.05. The van der Waals surface area contributed by atoms with Gasteiger partial charge in [-0.1, -0.05) is 30.3 Å². The number of amides is 1. The molecule has 0 spiro atoms. The largest absolute Gasteiger partial charge is 0.386 e. The summed E-state index contributed by atoms with van der Waals surface area (Å²) in [6.45, 7) is 3.22. The molecule has 1 rings (SSSR count). The van der Waals surface area contributed by atoms with E-state index in [9.17, 15) is 9.90 Å². The van der Waals surface area contributed by atoms with E-state index in [0.717, 1.165) is 5.56 Å². The SMILES string of the molecule is CC(=O)N[C@@H](C)[C@H](O)c1ccccc1. The van der Waals surface area contributed by atoms with Gasteiger partial charge in [-0.2, -0.15) is 0 Å². The van der Waals surface area contributed by atoms with E-state index >= 15 is 0 Å². The van der Waals surface area contributed by atoms with Crippen molar-refractivity contribution in [1.82, 2.24) is 5.32 Å². The van der Waals surface area contributed by atoms with Crippen LogP contribution in [0.15, 0.2) is 30.3 Å². The molecule has 0 aliphatic carbocycles. The van der Waals surface area contributed by atoms with Crippen LogP contribution >= 0.6 is 0 Å². The Morgan fingerprint density at radius 1 is 1.36 bits per heavy atom. The summed E-state index contributed by atoms with van der Waals surface area (Å²) in [6, 6.07) is 9.01. The fraction of sp³-hybridized carbons (Fsp3) is 0.364. The number of rotatable bonds is 3. The van der Waals surface area contributed by atoms with E-state index in [1.165, 1.54) is 6.92 Å². The van der Waals surface area contributed by atoms with Crippen molar-refractivity contribution in [2.75, 3.05) is 0 Å². The Hall–Kier alpha value is -1.35. The lowest BCUT2D eigenvalue weighted by Gasteiger charge is -2.19. The van der Waals surface area contributed by atoms with Gasteiger partial charge in [0.15, 0.2) is 0 Å². The van der Waals surface area contributed by atoms with Crippen molar-refractivity contribution in [3.05, 3.63) is 35.9 Å². The number of aliphatic hydroxyl groups is 1. The van der Waals surface area contributed by atoms with Crippen molar-refractivity contribution in [2.45, 2.75) is 26.0 Å². The number of hydrogen-bond acceptors (Lipinski definition) is 2. The van der Waals surface area contributed by atoms with Gasteiger partial charge in [0.25, 0.3) is 0 Å². The van der Waals surface area contributed by atoms with Gasteiger partial charge in [0, 0.05) is 6.92 Å². The molecule has 1 aromatic carbocycles. The van der Waals surface area contributed by atoms with Crippen molar-refractivity contribution in [3.63, 3.8) is 0 Å². The molecule has 0 heterocycles. The molecule has 0 aromatic heterocycles. The van der Waals surface area contributed by atoms with Crippen LogP contribution in [0.5, 0.6) is 0 Å². The lowest BCUT2D eigenvalue weighted by molar-refractivity contribution is -0.120. The Morgan fingerprint density at radius 3 is 2.43 bits per heavy atom. The molecule has 0 bridgehead atoms. The minimum Gasteiger partial charge on any atom is -0.386 e. The monoisotopic (exact) mass is 193 g/mol. The molecule has 14 heavy (non-hydrogen) atoms. The molecule has 1 aromatic rings. The summed E-state index contributed by atoms with van der Waals surface area (Å²) in [7, 11) is 0. The molecule has 0 saturated carbocycles. The second-order valence-corrected chi connectivity index (χ2v) is 3.34. The average Bonchev–Trinajstić information content (AvgIpc) is 2.17. The summed E-state index contributed by atoms with van der Waals surface area (Å²) < 4.78 is 0. The molecule has 0 unspecified atom stereocenters. The molecule has 2 N–H and O–H groups in total. The zero-order chi connectivity index (χ0) is 10.6. The van der Waals surface area contributed by atoms with Gasteiger partial charge in [-0.05, 0) is 12.5 Å². The molecular weight excluding hydrogens is 178 g/mol. The highest BCUT2D eigenvalue weighted by Gasteiger charge is 2.16. The molecule has 3 heteroatoms.